The number of allylic oxidation sites excluding steroid dienone is 1. The third-order valence-electron chi connectivity index (χ3n) is 1.64. The van der Waals surface area contributed by atoms with E-state index < -0.39 is 12.0 Å². The molecule has 0 spiro atoms. The van der Waals surface area contributed by atoms with Gasteiger partial charge in [-0.3, -0.25) is 4.79 Å². The molecule has 0 bridgehead atoms. The second kappa shape index (κ2) is 6.18. The van der Waals surface area contributed by atoms with Gasteiger partial charge in [-0.15, -0.1) is 0 Å². The van der Waals surface area contributed by atoms with E-state index in [2.05, 4.69) is 5.32 Å². The zero-order valence-electron chi connectivity index (χ0n) is 8.78. The number of carbonyl (C=O) groups excluding carboxylic acids is 1. The van der Waals surface area contributed by atoms with Gasteiger partial charge in [0, 0.05) is 0 Å². The molecule has 4 nitrogen and oxygen atoms in total. The van der Waals surface area contributed by atoms with E-state index in [-0.39, 0.29) is 11.8 Å². The summed E-state index contributed by atoms with van der Waals surface area (Å²) in [4.78, 5) is 21.8. The summed E-state index contributed by atoms with van der Waals surface area (Å²) in [6.45, 7) is 5.54. The molecule has 14 heavy (non-hydrogen) atoms. The van der Waals surface area contributed by atoms with Gasteiger partial charge in [0.15, 0.2) is 0 Å². The molecule has 0 saturated carbocycles. The predicted molar refractivity (Wildman–Crippen MR) is 53.8 cm³/mol. The largest absolute Gasteiger partial charge is 0.480 e. The summed E-state index contributed by atoms with van der Waals surface area (Å²) in [7, 11) is 0. The van der Waals surface area contributed by atoms with Crippen molar-refractivity contribution in [2.45, 2.75) is 33.2 Å². The van der Waals surface area contributed by atoms with Crippen LogP contribution in [-0.2, 0) is 9.59 Å². The molecule has 0 unspecified atom stereocenters. The van der Waals surface area contributed by atoms with Crippen LogP contribution in [-0.4, -0.2) is 23.0 Å². The maximum Gasteiger partial charge on any atom is 0.326 e. The highest BCUT2D eigenvalue weighted by Gasteiger charge is 2.19. The summed E-state index contributed by atoms with van der Waals surface area (Å²) in [5, 5.41) is 11.2. The molecule has 1 atom stereocenters. The molecular weight excluding hydrogens is 182 g/mol. The van der Waals surface area contributed by atoms with Gasteiger partial charge in [-0.2, -0.15) is 0 Å². The summed E-state index contributed by atoms with van der Waals surface area (Å²) in [5.74, 6) is -1.11. The van der Waals surface area contributed by atoms with Gasteiger partial charge in [0.25, 0.3) is 0 Å². The Morgan fingerprint density at radius 3 is 2.36 bits per heavy atom. The lowest BCUT2D eigenvalue weighted by atomic mass is 10.0. The third-order valence-corrected chi connectivity index (χ3v) is 1.64. The summed E-state index contributed by atoms with van der Waals surface area (Å²) >= 11 is 0. The second-order valence-electron chi connectivity index (χ2n) is 3.53. The minimum absolute atomic E-state index is 0.238. The van der Waals surface area contributed by atoms with Crippen molar-refractivity contribution in [1.29, 1.82) is 0 Å². The molecule has 4 heteroatoms. The van der Waals surface area contributed by atoms with Crippen molar-refractivity contribution < 1.29 is 14.7 Å². The van der Waals surface area contributed by atoms with Crippen LogP contribution in [0.5, 0.6) is 0 Å². The molecule has 80 valence electrons. The lowest BCUT2D eigenvalue weighted by Crippen LogP contribution is -2.40. The van der Waals surface area contributed by atoms with Gasteiger partial charge in [0.1, 0.15) is 6.04 Å². The Bertz CT molecular complexity index is 234. The molecule has 0 rings (SSSR count). The van der Waals surface area contributed by atoms with Gasteiger partial charge < -0.3 is 10.4 Å². The Morgan fingerprint density at radius 1 is 1.43 bits per heavy atom. The quantitative estimate of drug-likeness (QED) is 0.653. The highest BCUT2D eigenvalue weighted by atomic mass is 16.4. The van der Waals surface area contributed by atoms with Gasteiger partial charge in [-0.1, -0.05) is 19.9 Å². The molecule has 1 amide bonds. The summed E-state index contributed by atoms with van der Waals surface area (Å²) in [6.07, 6.45) is 3.33. The standard InChI is InChI=1S/C10H17NO3/c1-4-5-9(12)11-8(10(13)14)6-7(2)3/h4-5,7-8H,6H2,1-3H3,(H,11,12)(H,13,14)/t8-/m0/s1. The van der Waals surface area contributed by atoms with Crippen LogP contribution in [0.3, 0.4) is 0 Å². The molecule has 0 saturated heterocycles. The number of hydrogen-bond donors (Lipinski definition) is 2. The van der Waals surface area contributed by atoms with Crippen LogP contribution >= 0.6 is 0 Å². The maximum atomic E-state index is 11.1. The number of hydrogen-bond acceptors (Lipinski definition) is 2. The van der Waals surface area contributed by atoms with Crippen LogP contribution < -0.4 is 5.32 Å². The first-order valence-electron chi connectivity index (χ1n) is 4.63. The lowest BCUT2D eigenvalue weighted by Gasteiger charge is -2.15. The van der Waals surface area contributed by atoms with Crippen LogP contribution in [0.2, 0.25) is 0 Å². The van der Waals surface area contributed by atoms with E-state index in [0.717, 1.165) is 0 Å². The number of aliphatic carboxylic acids is 1. The zero-order chi connectivity index (χ0) is 11.1. The molecule has 0 aromatic rings. The molecule has 0 aliphatic heterocycles. The molecule has 0 aromatic carbocycles. The van der Waals surface area contributed by atoms with Crippen molar-refractivity contribution in [3.63, 3.8) is 0 Å². The van der Waals surface area contributed by atoms with Gasteiger partial charge in [0.05, 0.1) is 0 Å². The van der Waals surface area contributed by atoms with E-state index in [0.29, 0.717) is 6.42 Å². The first kappa shape index (κ1) is 12.7. The van der Waals surface area contributed by atoms with Gasteiger partial charge in [-0.25, -0.2) is 4.79 Å². The van der Waals surface area contributed by atoms with Crippen molar-refractivity contribution in [2.24, 2.45) is 5.92 Å². The van der Waals surface area contributed by atoms with E-state index in [4.69, 9.17) is 5.11 Å². The van der Waals surface area contributed by atoms with Crippen LogP contribution in [0.1, 0.15) is 27.2 Å². The number of carboxylic acid groups (broad SMARTS) is 1. The van der Waals surface area contributed by atoms with E-state index >= 15 is 0 Å². The predicted octanol–water partition coefficient (Wildman–Crippen LogP) is 1.18. The van der Waals surface area contributed by atoms with Crippen LogP contribution in [0.15, 0.2) is 12.2 Å². The molecule has 0 aromatic heterocycles. The van der Waals surface area contributed by atoms with E-state index in [9.17, 15) is 9.59 Å². The number of carboxylic acids is 1. The number of amides is 1. The zero-order valence-corrected chi connectivity index (χ0v) is 8.78. The van der Waals surface area contributed by atoms with Crippen molar-refractivity contribution in [3.05, 3.63) is 12.2 Å². The number of nitrogens with one attached hydrogen (secondary N) is 1. The average Bonchev–Trinajstić information content (AvgIpc) is 2.02. The Hall–Kier alpha value is -1.32. The minimum Gasteiger partial charge on any atom is -0.480 e. The van der Waals surface area contributed by atoms with Crippen molar-refractivity contribution in [3.8, 4) is 0 Å². The summed E-state index contributed by atoms with van der Waals surface area (Å²) < 4.78 is 0. The van der Waals surface area contributed by atoms with Crippen LogP contribution in [0.4, 0.5) is 0 Å². The molecule has 2 N–H and O–H groups in total. The van der Waals surface area contributed by atoms with Crippen molar-refractivity contribution >= 4 is 11.9 Å². The molecular formula is C10H17NO3. The molecule has 0 aliphatic carbocycles. The summed E-state index contributed by atoms with van der Waals surface area (Å²) in [6, 6.07) is -0.793. The van der Waals surface area contributed by atoms with E-state index in [1.165, 1.54) is 6.08 Å². The van der Waals surface area contributed by atoms with E-state index in [1.807, 2.05) is 13.8 Å². The minimum atomic E-state index is -0.989. The van der Waals surface area contributed by atoms with Crippen molar-refractivity contribution in [2.75, 3.05) is 0 Å². The topological polar surface area (TPSA) is 66.4 Å². The van der Waals surface area contributed by atoms with Crippen LogP contribution in [0, 0.1) is 5.92 Å². The number of rotatable bonds is 5. The van der Waals surface area contributed by atoms with Gasteiger partial charge in [-0.05, 0) is 25.3 Å². The first-order chi connectivity index (χ1) is 6.47. The SMILES string of the molecule is CC=CC(=O)N[C@@H](CC(C)C)C(=O)O. The molecule has 0 radical (unpaired) electrons. The van der Waals surface area contributed by atoms with Crippen molar-refractivity contribution in [1.82, 2.24) is 5.32 Å². The fraction of sp³-hybridized carbons (Fsp3) is 0.600. The van der Waals surface area contributed by atoms with E-state index in [1.54, 1.807) is 13.0 Å². The second-order valence-corrected chi connectivity index (χ2v) is 3.53. The molecule has 0 heterocycles. The Balaban J connectivity index is 4.23. The number of carbonyl (C=O) groups is 2. The van der Waals surface area contributed by atoms with Crippen LogP contribution in [0.25, 0.3) is 0 Å². The Labute approximate surface area is 84.0 Å². The normalized spacial score (nSPS) is 13.1. The summed E-state index contributed by atoms with van der Waals surface area (Å²) in [5.41, 5.74) is 0. The maximum absolute atomic E-state index is 11.1. The Kier molecular flexibility index (Phi) is 5.60. The van der Waals surface area contributed by atoms with Gasteiger partial charge in [0.2, 0.25) is 5.91 Å². The lowest BCUT2D eigenvalue weighted by molar-refractivity contribution is -0.141. The highest BCUT2D eigenvalue weighted by Crippen LogP contribution is 2.04. The highest BCUT2D eigenvalue weighted by molar-refractivity contribution is 5.90. The smallest absolute Gasteiger partial charge is 0.326 e. The molecule has 0 fully saturated rings. The first-order valence-corrected chi connectivity index (χ1v) is 4.63. The Morgan fingerprint density at radius 2 is 2.00 bits per heavy atom. The molecule has 0 aliphatic rings. The monoisotopic (exact) mass is 199 g/mol. The van der Waals surface area contributed by atoms with Gasteiger partial charge >= 0.3 is 5.97 Å². The third kappa shape index (κ3) is 5.35. The average molecular weight is 199 g/mol. The fourth-order valence-corrected chi connectivity index (χ4v) is 1.06. The fourth-order valence-electron chi connectivity index (χ4n) is 1.06.